The van der Waals surface area contributed by atoms with Crippen molar-refractivity contribution in [1.29, 1.82) is 0 Å². The molecule has 1 unspecified atom stereocenters. The maximum Gasteiger partial charge on any atom is 0.268 e. The standard InChI is InChI=1S/C31H31N5O3S/c1-20-9-11-21(12-10-20)26-15-16-27(40-26)28(37)34-30-33-24-19-23(35(3)29(38)22-7-5-4-6-8-22)13-14-25(24)36(30)18-17-31(2,32)39/h4-16,19,39H,17-18,32H2,1-3H3,(H,33,34,37). The van der Waals surface area contributed by atoms with E-state index < -0.39 is 5.72 Å². The summed E-state index contributed by atoms with van der Waals surface area (Å²) in [4.78, 5) is 34.1. The van der Waals surface area contributed by atoms with E-state index in [0.717, 1.165) is 16.0 Å². The number of rotatable bonds is 8. The second-order valence-corrected chi connectivity index (χ2v) is 11.2. The molecule has 0 saturated carbocycles. The Morgan fingerprint density at radius 2 is 1.77 bits per heavy atom. The molecule has 3 aromatic carbocycles. The zero-order valence-corrected chi connectivity index (χ0v) is 23.4. The number of aliphatic hydroxyl groups is 1. The van der Waals surface area contributed by atoms with Crippen LogP contribution in [-0.2, 0) is 6.54 Å². The number of benzene rings is 3. The summed E-state index contributed by atoms with van der Waals surface area (Å²) in [7, 11) is 1.71. The molecule has 1 atom stereocenters. The number of aromatic nitrogens is 2. The van der Waals surface area contributed by atoms with Gasteiger partial charge in [-0.2, -0.15) is 0 Å². The summed E-state index contributed by atoms with van der Waals surface area (Å²) in [5, 5.41) is 13.1. The Morgan fingerprint density at radius 1 is 1.05 bits per heavy atom. The number of fused-ring (bicyclic) bond motifs is 1. The normalized spacial score (nSPS) is 12.7. The van der Waals surface area contributed by atoms with E-state index in [2.05, 4.69) is 5.32 Å². The molecule has 0 bridgehead atoms. The number of nitrogens with zero attached hydrogens (tertiary/aromatic N) is 3. The number of nitrogens with two attached hydrogens (primary N) is 1. The van der Waals surface area contributed by atoms with E-state index in [9.17, 15) is 14.7 Å². The maximum atomic E-state index is 13.3. The Bertz CT molecular complexity index is 1670. The lowest BCUT2D eigenvalue weighted by Crippen LogP contribution is -2.36. The molecule has 0 aliphatic carbocycles. The minimum Gasteiger partial charge on any atom is -0.376 e. The van der Waals surface area contributed by atoms with Gasteiger partial charge in [-0.3, -0.25) is 14.9 Å². The topological polar surface area (TPSA) is 113 Å². The lowest BCUT2D eigenvalue weighted by Gasteiger charge is -2.19. The number of imidazole rings is 1. The van der Waals surface area contributed by atoms with Crippen LogP contribution in [0.5, 0.6) is 0 Å². The SMILES string of the molecule is Cc1ccc(-c2ccc(C(=O)Nc3nc4cc(N(C)C(=O)c5ccccc5)ccc4n3CCC(C)(N)O)s2)cc1. The molecule has 0 spiro atoms. The fraction of sp³-hybridized carbons (Fsp3) is 0.194. The van der Waals surface area contributed by atoms with Crippen LogP contribution in [0.4, 0.5) is 11.6 Å². The highest BCUT2D eigenvalue weighted by molar-refractivity contribution is 7.17. The lowest BCUT2D eigenvalue weighted by molar-refractivity contribution is 0.0537. The third-order valence-electron chi connectivity index (χ3n) is 6.68. The molecule has 4 N–H and O–H groups in total. The van der Waals surface area contributed by atoms with Gasteiger partial charge in [0.15, 0.2) is 0 Å². The van der Waals surface area contributed by atoms with Crippen molar-refractivity contribution < 1.29 is 14.7 Å². The molecule has 2 aromatic heterocycles. The van der Waals surface area contributed by atoms with E-state index in [1.54, 1.807) is 30.1 Å². The molecule has 2 heterocycles. The summed E-state index contributed by atoms with van der Waals surface area (Å²) < 4.78 is 1.83. The van der Waals surface area contributed by atoms with Crippen LogP contribution in [-0.4, -0.2) is 39.2 Å². The quantitative estimate of drug-likeness (QED) is 0.215. The molecule has 0 radical (unpaired) electrons. The molecular weight excluding hydrogens is 522 g/mol. The maximum absolute atomic E-state index is 13.3. The monoisotopic (exact) mass is 553 g/mol. The summed E-state index contributed by atoms with van der Waals surface area (Å²) >= 11 is 1.40. The van der Waals surface area contributed by atoms with E-state index in [1.807, 2.05) is 78.2 Å². The van der Waals surface area contributed by atoms with Gasteiger partial charge in [0.2, 0.25) is 5.95 Å². The van der Waals surface area contributed by atoms with E-state index in [1.165, 1.54) is 23.8 Å². The third-order valence-corrected chi connectivity index (χ3v) is 7.81. The summed E-state index contributed by atoms with van der Waals surface area (Å²) in [6.07, 6.45) is 0.242. The molecular formula is C31H31N5O3S. The largest absolute Gasteiger partial charge is 0.376 e. The molecule has 0 aliphatic rings. The van der Waals surface area contributed by atoms with Crippen molar-refractivity contribution in [1.82, 2.24) is 9.55 Å². The fourth-order valence-corrected chi connectivity index (χ4v) is 5.28. The number of amides is 2. The number of thiophene rings is 1. The number of aryl methyl sites for hydroxylation is 2. The second-order valence-electron chi connectivity index (χ2n) is 10.1. The number of anilines is 2. The molecule has 0 fully saturated rings. The van der Waals surface area contributed by atoms with Crippen molar-refractivity contribution in [2.75, 3.05) is 17.3 Å². The van der Waals surface area contributed by atoms with Crippen molar-refractivity contribution in [3.63, 3.8) is 0 Å². The average molecular weight is 554 g/mol. The first-order valence-corrected chi connectivity index (χ1v) is 13.7. The number of carbonyl (C=O) groups is 2. The van der Waals surface area contributed by atoms with E-state index in [-0.39, 0.29) is 18.2 Å². The lowest BCUT2D eigenvalue weighted by atomic mass is 10.1. The van der Waals surface area contributed by atoms with Crippen LogP contribution in [0.2, 0.25) is 0 Å². The van der Waals surface area contributed by atoms with Gasteiger partial charge in [0.1, 0.15) is 5.72 Å². The van der Waals surface area contributed by atoms with Crippen molar-refractivity contribution in [2.45, 2.75) is 32.5 Å². The van der Waals surface area contributed by atoms with Gasteiger partial charge in [-0.15, -0.1) is 11.3 Å². The van der Waals surface area contributed by atoms with E-state index in [0.29, 0.717) is 34.1 Å². The Hall–Kier alpha value is -4.31. The molecule has 0 saturated heterocycles. The van der Waals surface area contributed by atoms with E-state index >= 15 is 0 Å². The number of nitrogens with one attached hydrogen (secondary N) is 1. The molecule has 5 aromatic rings. The Labute approximate surface area is 236 Å². The van der Waals surface area contributed by atoms with Crippen molar-refractivity contribution in [3.05, 3.63) is 101 Å². The molecule has 0 aliphatic heterocycles. The predicted octanol–water partition coefficient (Wildman–Crippen LogP) is 5.66. The van der Waals surface area contributed by atoms with Gasteiger partial charge >= 0.3 is 0 Å². The van der Waals surface area contributed by atoms with Crippen LogP contribution in [0.3, 0.4) is 0 Å². The van der Waals surface area contributed by atoms with Crippen LogP contribution in [0, 0.1) is 6.92 Å². The molecule has 5 rings (SSSR count). The van der Waals surface area contributed by atoms with Crippen molar-refractivity contribution in [2.24, 2.45) is 5.73 Å². The average Bonchev–Trinajstić information content (AvgIpc) is 3.56. The first-order valence-electron chi connectivity index (χ1n) is 12.9. The predicted molar refractivity (Wildman–Crippen MR) is 161 cm³/mol. The van der Waals surface area contributed by atoms with Gasteiger partial charge in [0.25, 0.3) is 11.8 Å². The van der Waals surface area contributed by atoms with Gasteiger partial charge in [-0.05, 0) is 61.9 Å². The van der Waals surface area contributed by atoms with Crippen LogP contribution in [0.15, 0.2) is 84.9 Å². The minimum absolute atomic E-state index is 0.144. The zero-order chi connectivity index (χ0) is 28.4. The van der Waals surface area contributed by atoms with Crippen molar-refractivity contribution >= 4 is 45.8 Å². The second kappa shape index (κ2) is 11.1. The van der Waals surface area contributed by atoms with Crippen LogP contribution < -0.4 is 16.0 Å². The zero-order valence-electron chi connectivity index (χ0n) is 22.6. The number of hydrogen-bond acceptors (Lipinski definition) is 6. The summed E-state index contributed by atoms with van der Waals surface area (Å²) in [5.74, 6) is -0.0890. The van der Waals surface area contributed by atoms with Crippen molar-refractivity contribution in [3.8, 4) is 10.4 Å². The Balaban J connectivity index is 1.44. The third kappa shape index (κ3) is 5.96. The van der Waals surface area contributed by atoms with Gasteiger partial charge in [-0.1, -0.05) is 48.0 Å². The first-order chi connectivity index (χ1) is 19.1. The molecule has 40 heavy (non-hydrogen) atoms. The minimum atomic E-state index is -1.39. The molecule has 8 nitrogen and oxygen atoms in total. The Morgan fingerprint density at radius 3 is 2.48 bits per heavy atom. The van der Waals surface area contributed by atoms with Gasteiger partial charge in [0.05, 0.1) is 15.9 Å². The number of hydrogen-bond donors (Lipinski definition) is 3. The molecule has 9 heteroatoms. The molecule has 204 valence electrons. The highest BCUT2D eigenvalue weighted by Gasteiger charge is 2.21. The van der Waals surface area contributed by atoms with Crippen LogP contribution >= 0.6 is 11.3 Å². The highest BCUT2D eigenvalue weighted by Crippen LogP contribution is 2.30. The summed E-state index contributed by atoms with van der Waals surface area (Å²) in [5.41, 5.74) is 9.27. The Kier molecular flexibility index (Phi) is 7.53. The summed E-state index contributed by atoms with van der Waals surface area (Å²) in [6.45, 7) is 3.90. The highest BCUT2D eigenvalue weighted by atomic mass is 32.1. The number of carbonyl (C=O) groups excluding carboxylic acids is 2. The molecule has 2 amide bonds. The van der Waals surface area contributed by atoms with Gasteiger partial charge in [0, 0.05) is 36.1 Å². The van der Waals surface area contributed by atoms with Crippen LogP contribution in [0.1, 0.15) is 38.9 Å². The first kappa shape index (κ1) is 27.3. The van der Waals surface area contributed by atoms with Crippen LogP contribution in [0.25, 0.3) is 21.5 Å². The fourth-order valence-electron chi connectivity index (χ4n) is 4.37. The summed E-state index contributed by atoms with van der Waals surface area (Å²) in [6, 6.07) is 26.5. The van der Waals surface area contributed by atoms with Gasteiger partial charge in [-0.25, -0.2) is 4.98 Å². The van der Waals surface area contributed by atoms with E-state index in [4.69, 9.17) is 10.7 Å². The smallest absolute Gasteiger partial charge is 0.268 e. The van der Waals surface area contributed by atoms with Gasteiger partial charge < -0.3 is 20.3 Å².